The lowest BCUT2D eigenvalue weighted by Gasteiger charge is -2.20. The summed E-state index contributed by atoms with van der Waals surface area (Å²) in [5.41, 5.74) is 3.84. The fourth-order valence-electron chi connectivity index (χ4n) is 3.23. The molecule has 2 aliphatic rings. The summed E-state index contributed by atoms with van der Waals surface area (Å²) in [6, 6.07) is 16.5. The zero-order valence-corrected chi connectivity index (χ0v) is 12.0. The first-order valence-corrected chi connectivity index (χ1v) is 7.15. The lowest BCUT2D eigenvalue weighted by atomic mass is 9.96. The Kier molecular flexibility index (Phi) is 2.51. The molecule has 2 aromatic rings. The highest BCUT2D eigenvalue weighted by Crippen LogP contribution is 2.49. The van der Waals surface area contributed by atoms with Crippen LogP contribution in [0.3, 0.4) is 0 Å². The van der Waals surface area contributed by atoms with E-state index in [2.05, 4.69) is 24.3 Å². The molecule has 0 saturated carbocycles. The minimum atomic E-state index is -0.878. The summed E-state index contributed by atoms with van der Waals surface area (Å²) in [4.78, 5) is 11.9. The van der Waals surface area contributed by atoms with Crippen molar-refractivity contribution < 1.29 is 14.3 Å². The van der Waals surface area contributed by atoms with E-state index in [-0.39, 0.29) is 11.9 Å². The third-order valence-corrected chi connectivity index (χ3v) is 4.28. The van der Waals surface area contributed by atoms with Gasteiger partial charge in [0, 0.05) is 0 Å². The van der Waals surface area contributed by atoms with Crippen LogP contribution in [0.1, 0.15) is 30.9 Å². The van der Waals surface area contributed by atoms with E-state index < -0.39 is 11.9 Å². The number of esters is 1. The normalized spacial score (nSPS) is 22.8. The SMILES string of the molecule is CC1(C)OC(C2c3ccccc3-c3ccccc32)OC1=O. The van der Waals surface area contributed by atoms with E-state index >= 15 is 0 Å². The molecular formula is C18H16O3. The molecule has 1 aliphatic heterocycles. The fraction of sp³-hybridized carbons (Fsp3) is 0.278. The zero-order chi connectivity index (χ0) is 14.6. The Morgan fingerprint density at radius 3 is 1.90 bits per heavy atom. The molecule has 1 aliphatic carbocycles. The van der Waals surface area contributed by atoms with E-state index in [0.29, 0.717) is 0 Å². The van der Waals surface area contributed by atoms with Crippen LogP contribution in [0.5, 0.6) is 0 Å². The van der Waals surface area contributed by atoms with Gasteiger partial charge in [-0.05, 0) is 36.1 Å². The van der Waals surface area contributed by atoms with E-state index in [1.165, 1.54) is 11.1 Å². The number of carbonyl (C=O) groups excluding carboxylic acids is 1. The summed E-state index contributed by atoms with van der Waals surface area (Å²) in [6.07, 6.45) is -0.558. The molecule has 2 aromatic carbocycles. The van der Waals surface area contributed by atoms with Crippen molar-refractivity contribution in [3.63, 3.8) is 0 Å². The zero-order valence-electron chi connectivity index (χ0n) is 12.0. The van der Waals surface area contributed by atoms with Crippen molar-refractivity contribution >= 4 is 5.97 Å². The Labute approximate surface area is 123 Å². The molecule has 0 aromatic heterocycles. The van der Waals surface area contributed by atoms with E-state index in [1.807, 2.05) is 24.3 Å². The van der Waals surface area contributed by atoms with Gasteiger partial charge in [0.15, 0.2) is 5.60 Å². The number of rotatable bonds is 1. The Morgan fingerprint density at radius 1 is 0.905 bits per heavy atom. The first-order chi connectivity index (χ1) is 10.1. The van der Waals surface area contributed by atoms with Gasteiger partial charge in [-0.1, -0.05) is 48.5 Å². The molecular weight excluding hydrogens is 264 g/mol. The highest BCUT2D eigenvalue weighted by Gasteiger charge is 2.48. The number of hydrogen-bond acceptors (Lipinski definition) is 3. The number of ether oxygens (including phenoxy) is 2. The van der Waals surface area contributed by atoms with Crippen molar-refractivity contribution in [3.8, 4) is 11.1 Å². The van der Waals surface area contributed by atoms with Crippen LogP contribution in [0.2, 0.25) is 0 Å². The molecule has 21 heavy (non-hydrogen) atoms. The maximum atomic E-state index is 11.9. The van der Waals surface area contributed by atoms with Crippen LogP contribution >= 0.6 is 0 Å². The molecule has 0 bridgehead atoms. The maximum Gasteiger partial charge on any atom is 0.340 e. The second-order valence-corrected chi connectivity index (χ2v) is 6.05. The summed E-state index contributed by atoms with van der Waals surface area (Å²) in [5, 5.41) is 0. The maximum absolute atomic E-state index is 11.9. The Bertz CT molecular complexity index is 687. The number of fused-ring (bicyclic) bond motifs is 3. The van der Waals surface area contributed by atoms with Gasteiger partial charge in [0.2, 0.25) is 6.29 Å². The fourth-order valence-corrected chi connectivity index (χ4v) is 3.23. The third-order valence-electron chi connectivity index (χ3n) is 4.28. The van der Waals surface area contributed by atoms with Gasteiger partial charge in [0.25, 0.3) is 0 Å². The quantitative estimate of drug-likeness (QED) is 0.750. The van der Waals surface area contributed by atoms with Crippen LogP contribution < -0.4 is 0 Å². The van der Waals surface area contributed by atoms with Crippen molar-refractivity contribution in [3.05, 3.63) is 59.7 Å². The summed E-state index contributed by atoms with van der Waals surface area (Å²) < 4.78 is 11.4. The van der Waals surface area contributed by atoms with Crippen LogP contribution in [0, 0.1) is 0 Å². The molecule has 1 heterocycles. The summed E-state index contributed by atoms with van der Waals surface area (Å²) in [5.74, 6) is -0.350. The average Bonchev–Trinajstić information content (AvgIpc) is 2.94. The van der Waals surface area contributed by atoms with Crippen molar-refractivity contribution in [2.45, 2.75) is 31.7 Å². The number of cyclic esters (lactones) is 1. The number of carbonyl (C=O) groups is 1. The lowest BCUT2D eigenvalue weighted by molar-refractivity contribution is -0.145. The molecule has 0 spiro atoms. The van der Waals surface area contributed by atoms with Crippen molar-refractivity contribution in [2.75, 3.05) is 0 Å². The minimum absolute atomic E-state index is 0.0527. The lowest BCUT2D eigenvalue weighted by Crippen LogP contribution is -2.28. The molecule has 1 saturated heterocycles. The van der Waals surface area contributed by atoms with Crippen LogP contribution in [-0.2, 0) is 14.3 Å². The van der Waals surface area contributed by atoms with Crippen molar-refractivity contribution in [2.24, 2.45) is 0 Å². The third kappa shape index (κ3) is 1.74. The molecule has 1 atom stereocenters. The largest absolute Gasteiger partial charge is 0.433 e. The summed E-state index contributed by atoms with van der Waals surface area (Å²) >= 11 is 0. The van der Waals surface area contributed by atoms with Gasteiger partial charge in [-0.25, -0.2) is 4.79 Å². The molecule has 3 heteroatoms. The second kappa shape index (κ2) is 4.18. The van der Waals surface area contributed by atoms with E-state index in [0.717, 1.165) is 11.1 Å². The number of hydrogen-bond donors (Lipinski definition) is 0. The van der Waals surface area contributed by atoms with Gasteiger partial charge in [-0.3, -0.25) is 0 Å². The topological polar surface area (TPSA) is 35.5 Å². The smallest absolute Gasteiger partial charge is 0.340 e. The summed E-state index contributed by atoms with van der Waals surface area (Å²) in [7, 11) is 0. The standard InChI is InChI=1S/C18H16O3/c1-18(2)17(19)20-16(21-18)15-13-9-5-3-7-11(13)12-8-4-6-10-14(12)15/h3-10,15-16H,1-2H3. The Balaban J connectivity index is 1.85. The summed E-state index contributed by atoms with van der Waals surface area (Å²) in [6.45, 7) is 3.50. The molecule has 0 amide bonds. The van der Waals surface area contributed by atoms with Crippen molar-refractivity contribution in [1.82, 2.24) is 0 Å². The Morgan fingerprint density at radius 2 is 1.43 bits per heavy atom. The first-order valence-electron chi connectivity index (χ1n) is 7.15. The van der Waals surface area contributed by atoms with Gasteiger partial charge in [0.05, 0.1) is 5.92 Å². The van der Waals surface area contributed by atoms with Crippen LogP contribution in [-0.4, -0.2) is 17.9 Å². The second-order valence-electron chi connectivity index (χ2n) is 6.05. The van der Waals surface area contributed by atoms with E-state index in [1.54, 1.807) is 13.8 Å². The highest BCUT2D eigenvalue weighted by atomic mass is 16.8. The van der Waals surface area contributed by atoms with E-state index in [4.69, 9.17) is 9.47 Å². The first kappa shape index (κ1) is 12.6. The van der Waals surface area contributed by atoms with Crippen LogP contribution in [0.4, 0.5) is 0 Å². The molecule has 4 rings (SSSR count). The van der Waals surface area contributed by atoms with Crippen LogP contribution in [0.25, 0.3) is 11.1 Å². The molecule has 1 fully saturated rings. The molecule has 0 N–H and O–H groups in total. The van der Waals surface area contributed by atoms with Gasteiger partial charge in [0.1, 0.15) is 0 Å². The minimum Gasteiger partial charge on any atom is -0.433 e. The van der Waals surface area contributed by atoms with Crippen molar-refractivity contribution in [1.29, 1.82) is 0 Å². The van der Waals surface area contributed by atoms with Gasteiger partial charge >= 0.3 is 5.97 Å². The molecule has 106 valence electrons. The predicted octanol–water partition coefficient (Wildman–Crippen LogP) is 3.48. The monoisotopic (exact) mass is 280 g/mol. The average molecular weight is 280 g/mol. The highest BCUT2D eigenvalue weighted by molar-refractivity contribution is 5.82. The molecule has 3 nitrogen and oxygen atoms in total. The molecule has 0 radical (unpaired) electrons. The van der Waals surface area contributed by atoms with Crippen LogP contribution in [0.15, 0.2) is 48.5 Å². The predicted molar refractivity (Wildman–Crippen MR) is 78.8 cm³/mol. The van der Waals surface area contributed by atoms with E-state index in [9.17, 15) is 4.79 Å². The van der Waals surface area contributed by atoms with Gasteiger partial charge in [-0.15, -0.1) is 0 Å². The van der Waals surface area contributed by atoms with Gasteiger partial charge in [-0.2, -0.15) is 0 Å². The Hall–Kier alpha value is -2.13. The number of benzene rings is 2. The molecule has 1 unspecified atom stereocenters. The van der Waals surface area contributed by atoms with Gasteiger partial charge < -0.3 is 9.47 Å².